The van der Waals surface area contributed by atoms with Crippen LogP contribution in [-0.4, -0.2) is 40.3 Å². The number of nitrogens with zero attached hydrogens (tertiary/aromatic N) is 3. The van der Waals surface area contributed by atoms with Gasteiger partial charge in [0.1, 0.15) is 27.7 Å². The highest BCUT2D eigenvalue weighted by Crippen LogP contribution is 2.24. The second-order valence-electron chi connectivity index (χ2n) is 6.64. The number of carbonyl (C=O) groups is 1. The van der Waals surface area contributed by atoms with Crippen molar-refractivity contribution >= 4 is 29.4 Å². The van der Waals surface area contributed by atoms with Crippen molar-refractivity contribution in [3.63, 3.8) is 0 Å². The van der Waals surface area contributed by atoms with Gasteiger partial charge in [0.2, 0.25) is 0 Å². The molecule has 4 heterocycles. The topological polar surface area (TPSA) is 90.1 Å². The van der Waals surface area contributed by atoms with Crippen LogP contribution in [0.25, 0.3) is 23.5 Å². The van der Waals surface area contributed by atoms with E-state index < -0.39 is 5.82 Å². The summed E-state index contributed by atoms with van der Waals surface area (Å²) in [6, 6.07) is 2.99. The van der Waals surface area contributed by atoms with E-state index >= 15 is 0 Å². The molecule has 0 unspecified atom stereocenters. The number of ether oxygens (including phenoxy) is 1. The summed E-state index contributed by atoms with van der Waals surface area (Å²) in [6.45, 7) is 3.16. The second kappa shape index (κ2) is 8.62. The molecule has 0 saturated carbocycles. The summed E-state index contributed by atoms with van der Waals surface area (Å²) in [5, 5.41) is 7.69. The van der Waals surface area contributed by atoms with Gasteiger partial charge in [-0.1, -0.05) is 5.16 Å². The quantitative estimate of drug-likeness (QED) is 0.684. The minimum Gasteiger partial charge on any atom is -0.381 e. The molecule has 0 radical (unpaired) electrons. The van der Waals surface area contributed by atoms with Gasteiger partial charge in [0.05, 0.1) is 17.6 Å². The number of nitrogens with one attached hydrogen (secondary N) is 1. The first kappa shape index (κ1) is 19.4. The number of rotatable bonds is 5. The Morgan fingerprint density at radius 2 is 2.14 bits per heavy atom. The Morgan fingerprint density at radius 1 is 1.31 bits per heavy atom. The third kappa shape index (κ3) is 4.57. The molecule has 9 heteroatoms. The molecule has 1 amide bonds. The molecule has 1 aliphatic heterocycles. The van der Waals surface area contributed by atoms with Gasteiger partial charge < -0.3 is 14.6 Å². The van der Waals surface area contributed by atoms with E-state index in [2.05, 4.69) is 20.4 Å². The fourth-order valence-corrected chi connectivity index (χ4v) is 3.90. The number of pyridine rings is 1. The fraction of sp³-hybridized carbons (Fsp3) is 0.300. The molecule has 1 fully saturated rings. The zero-order valence-electron chi connectivity index (χ0n) is 15.7. The van der Waals surface area contributed by atoms with Crippen molar-refractivity contribution in [2.24, 2.45) is 0 Å². The SMILES string of the molecule is Cc1nc(C=Cc2conc2-c2ccc(F)cn2)sc1C(=O)NC1CCOCC1. The Kier molecular flexibility index (Phi) is 5.77. The average Bonchev–Trinajstić information content (AvgIpc) is 3.34. The van der Waals surface area contributed by atoms with Crippen LogP contribution in [0, 0.1) is 12.7 Å². The largest absolute Gasteiger partial charge is 0.381 e. The van der Waals surface area contributed by atoms with Crippen molar-refractivity contribution in [1.82, 2.24) is 20.4 Å². The fourth-order valence-electron chi connectivity index (χ4n) is 3.03. The van der Waals surface area contributed by atoms with Crippen LogP contribution in [0.1, 0.15) is 38.8 Å². The Morgan fingerprint density at radius 3 is 2.90 bits per heavy atom. The van der Waals surface area contributed by atoms with E-state index in [4.69, 9.17) is 9.26 Å². The van der Waals surface area contributed by atoms with Crippen LogP contribution in [-0.2, 0) is 4.74 Å². The molecule has 3 aromatic heterocycles. The molecule has 0 aliphatic carbocycles. The van der Waals surface area contributed by atoms with Gasteiger partial charge in [0.15, 0.2) is 0 Å². The average molecular weight is 414 g/mol. The molecule has 29 heavy (non-hydrogen) atoms. The number of aromatic nitrogens is 3. The molecule has 1 aliphatic rings. The number of thiazole rings is 1. The van der Waals surface area contributed by atoms with Crippen molar-refractivity contribution in [2.75, 3.05) is 13.2 Å². The van der Waals surface area contributed by atoms with Gasteiger partial charge in [-0.05, 0) is 44.1 Å². The number of aryl methyl sites for hydroxylation is 1. The normalized spacial score (nSPS) is 15.1. The van der Waals surface area contributed by atoms with E-state index in [9.17, 15) is 9.18 Å². The third-order valence-corrected chi connectivity index (χ3v) is 5.67. The summed E-state index contributed by atoms with van der Waals surface area (Å²) < 4.78 is 23.5. The summed E-state index contributed by atoms with van der Waals surface area (Å²) >= 11 is 1.32. The number of halogens is 1. The molecule has 0 bridgehead atoms. The zero-order chi connectivity index (χ0) is 20.2. The second-order valence-corrected chi connectivity index (χ2v) is 7.67. The summed E-state index contributed by atoms with van der Waals surface area (Å²) in [7, 11) is 0. The predicted molar refractivity (Wildman–Crippen MR) is 107 cm³/mol. The van der Waals surface area contributed by atoms with Gasteiger partial charge in [-0.15, -0.1) is 11.3 Å². The first-order chi connectivity index (χ1) is 14.1. The van der Waals surface area contributed by atoms with Crippen LogP contribution in [0.4, 0.5) is 4.39 Å². The standard InChI is InChI=1S/C20H19FN4O3S/c1-12-19(20(26)24-15-6-8-27-9-7-15)29-17(23-12)5-2-13-11-28-25-18(13)16-4-3-14(21)10-22-16/h2-5,10-11,15H,6-9H2,1H3,(H,24,26). The summed E-state index contributed by atoms with van der Waals surface area (Å²) in [4.78, 5) is 21.7. The van der Waals surface area contributed by atoms with E-state index in [0.717, 1.165) is 19.0 Å². The van der Waals surface area contributed by atoms with Crippen LogP contribution in [0.2, 0.25) is 0 Å². The summed E-state index contributed by atoms with van der Waals surface area (Å²) in [5.74, 6) is -0.521. The maximum Gasteiger partial charge on any atom is 0.263 e. The monoisotopic (exact) mass is 414 g/mol. The molecule has 1 N–H and O–H groups in total. The van der Waals surface area contributed by atoms with E-state index in [0.29, 0.717) is 45.7 Å². The van der Waals surface area contributed by atoms with Gasteiger partial charge in [-0.3, -0.25) is 9.78 Å². The van der Waals surface area contributed by atoms with E-state index in [-0.39, 0.29) is 11.9 Å². The highest BCUT2D eigenvalue weighted by molar-refractivity contribution is 7.14. The molecule has 0 atom stereocenters. The number of carbonyl (C=O) groups excluding carboxylic acids is 1. The van der Waals surface area contributed by atoms with Gasteiger partial charge in [0, 0.05) is 24.8 Å². The minimum atomic E-state index is -0.417. The number of hydrogen-bond acceptors (Lipinski definition) is 7. The third-order valence-electron chi connectivity index (χ3n) is 4.55. The Hall–Kier alpha value is -2.91. The van der Waals surface area contributed by atoms with Crippen molar-refractivity contribution < 1.29 is 18.4 Å². The van der Waals surface area contributed by atoms with Crippen molar-refractivity contribution in [3.8, 4) is 11.4 Å². The lowest BCUT2D eigenvalue weighted by molar-refractivity contribution is 0.0698. The Labute approximate surface area is 170 Å². The first-order valence-electron chi connectivity index (χ1n) is 9.20. The lowest BCUT2D eigenvalue weighted by Crippen LogP contribution is -2.38. The lowest BCUT2D eigenvalue weighted by atomic mass is 10.1. The zero-order valence-corrected chi connectivity index (χ0v) is 16.5. The molecular formula is C20H19FN4O3S. The Bertz CT molecular complexity index is 1020. The summed E-state index contributed by atoms with van der Waals surface area (Å²) in [5.41, 5.74) is 2.38. The molecular weight excluding hydrogens is 395 g/mol. The van der Waals surface area contributed by atoms with Crippen LogP contribution < -0.4 is 5.32 Å². The van der Waals surface area contributed by atoms with Gasteiger partial charge >= 0.3 is 0 Å². The predicted octanol–water partition coefficient (Wildman–Crippen LogP) is 3.72. The van der Waals surface area contributed by atoms with E-state index in [1.165, 1.54) is 29.7 Å². The summed E-state index contributed by atoms with van der Waals surface area (Å²) in [6.07, 6.45) is 7.84. The maximum atomic E-state index is 13.1. The molecule has 3 aromatic rings. The minimum absolute atomic E-state index is 0.104. The number of amides is 1. The van der Waals surface area contributed by atoms with Gasteiger partial charge in [-0.2, -0.15) is 0 Å². The van der Waals surface area contributed by atoms with Crippen LogP contribution in [0.15, 0.2) is 29.1 Å². The maximum absolute atomic E-state index is 13.1. The first-order valence-corrected chi connectivity index (χ1v) is 10.0. The smallest absolute Gasteiger partial charge is 0.263 e. The number of hydrogen-bond donors (Lipinski definition) is 1. The molecule has 150 valence electrons. The van der Waals surface area contributed by atoms with Crippen molar-refractivity contribution in [1.29, 1.82) is 0 Å². The van der Waals surface area contributed by atoms with Crippen LogP contribution in [0.5, 0.6) is 0 Å². The lowest BCUT2D eigenvalue weighted by Gasteiger charge is -2.22. The van der Waals surface area contributed by atoms with E-state index in [1.807, 2.05) is 6.92 Å². The van der Waals surface area contributed by atoms with Crippen molar-refractivity contribution in [3.05, 3.63) is 51.6 Å². The molecule has 1 saturated heterocycles. The van der Waals surface area contributed by atoms with E-state index in [1.54, 1.807) is 12.2 Å². The Balaban J connectivity index is 1.49. The van der Waals surface area contributed by atoms with Crippen LogP contribution >= 0.6 is 11.3 Å². The highest BCUT2D eigenvalue weighted by atomic mass is 32.1. The highest BCUT2D eigenvalue weighted by Gasteiger charge is 2.20. The van der Waals surface area contributed by atoms with Gasteiger partial charge in [0.25, 0.3) is 5.91 Å². The molecule has 4 rings (SSSR count). The van der Waals surface area contributed by atoms with Gasteiger partial charge in [-0.25, -0.2) is 9.37 Å². The molecule has 0 spiro atoms. The van der Waals surface area contributed by atoms with Crippen molar-refractivity contribution in [2.45, 2.75) is 25.8 Å². The van der Waals surface area contributed by atoms with Crippen LogP contribution in [0.3, 0.4) is 0 Å². The molecule has 0 aromatic carbocycles. The molecule has 7 nitrogen and oxygen atoms in total.